The molecule has 0 saturated carbocycles. The van der Waals surface area contributed by atoms with E-state index in [4.69, 9.17) is 21.4 Å². The Kier molecular flexibility index (Phi) is 7.18. The van der Waals surface area contributed by atoms with Crippen LogP contribution in [0.4, 0.5) is 0 Å². The van der Waals surface area contributed by atoms with E-state index in [-0.39, 0.29) is 6.10 Å². The zero-order valence-electron chi connectivity index (χ0n) is 13.7. The van der Waals surface area contributed by atoms with Gasteiger partial charge in [-0.2, -0.15) is 0 Å². The largest absolute Gasteiger partial charge is 0.487 e. The fourth-order valence-electron chi connectivity index (χ4n) is 2.89. The number of aliphatic carboxylic acids is 1. The summed E-state index contributed by atoms with van der Waals surface area (Å²) in [5, 5.41) is 12.5. The van der Waals surface area contributed by atoms with Crippen LogP contribution in [-0.4, -0.2) is 29.8 Å². The third kappa shape index (κ3) is 5.70. The Hall–Kier alpha value is -1.26. The van der Waals surface area contributed by atoms with Gasteiger partial charge < -0.3 is 15.2 Å². The predicted octanol–water partition coefficient (Wildman–Crippen LogP) is 4.05. The molecule has 1 aromatic rings. The molecular weight excluding hydrogens is 314 g/mol. The van der Waals surface area contributed by atoms with Crippen molar-refractivity contribution < 1.29 is 14.6 Å². The quantitative estimate of drug-likeness (QED) is 0.666. The maximum atomic E-state index is 10.9. The molecule has 0 amide bonds. The molecule has 0 bridgehead atoms. The van der Waals surface area contributed by atoms with Crippen LogP contribution in [0, 0.1) is 0 Å². The van der Waals surface area contributed by atoms with Crippen LogP contribution in [-0.2, 0) is 11.2 Å². The molecule has 1 fully saturated rings. The molecule has 23 heavy (non-hydrogen) atoms. The van der Waals surface area contributed by atoms with Gasteiger partial charge in [0.1, 0.15) is 17.9 Å². The minimum Gasteiger partial charge on any atom is -0.487 e. The molecule has 0 aromatic heterocycles. The number of ether oxygens (including phenoxy) is 1. The maximum Gasteiger partial charge on any atom is 0.320 e. The molecule has 1 saturated heterocycles. The highest BCUT2D eigenvalue weighted by atomic mass is 35.5. The summed E-state index contributed by atoms with van der Waals surface area (Å²) in [4.78, 5) is 10.9. The van der Waals surface area contributed by atoms with Gasteiger partial charge in [0.15, 0.2) is 0 Å². The Balaban J connectivity index is 1.81. The van der Waals surface area contributed by atoms with Crippen LogP contribution < -0.4 is 10.1 Å². The highest BCUT2D eigenvalue weighted by Gasteiger charge is 2.30. The van der Waals surface area contributed by atoms with E-state index >= 15 is 0 Å². The van der Waals surface area contributed by atoms with Gasteiger partial charge in [0, 0.05) is 13.0 Å². The van der Waals surface area contributed by atoms with E-state index in [1.807, 2.05) is 12.1 Å². The van der Waals surface area contributed by atoms with Crippen molar-refractivity contribution in [2.45, 2.75) is 64.0 Å². The first-order valence-corrected chi connectivity index (χ1v) is 8.89. The molecule has 1 heterocycles. The summed E-state index contributed by atoms with van der Waals surface area (Å²) >= 11 is 6.31. The van der Waals surface area contributed by atoms with Crippen LogP contribution in [0.15, 0.2) is 18.2 Å². The number of halogens is 1. The van der Waals surface area contributed by atoms with E-state index in [1.165, 1.54) is 37.7 Å². The second kappa shape index (κ2) is 9.14. The van der Waals surface area contributed by atoms with Crippen LogP contribution in [0.1, 0.15) is 51.0 Å². The van der Waals surface area contributed by atoms with Crippen molar-refractivity contribution in [1.82, 2.24) is 5.32 Å². The van der Waals surface area contributed by atoms with Crippen molar-refractivity contribution in [1.29, 1.82) is 0 Å². The average Bonchev–Trinajstić information content (AvgIpc) is 2.98. The van der Waals surface area contributed by atoms with E-state index < -0.39 is 12.0 Å². The summed E-state index contributed by atoms with van der Waals surface area (Å²) in [6, 6.07) is 5.39. The molecule has 2 rings (SSSR count). The Morgan fingerprint density at radius 1 is 1.35 bits per heavy atom. The molecule has 0 aliphatic carbocycles. The number of hydrogen-bond acceptors (Lipinski definition) is 3. The fraction of sp³-hybridized carbons (Fsp3) is 0.611. The molecule has 1 aromatic carbocycles. The molecular formula is C18H26ClNO3. The Morgan fingerprint density at radius 3 is 2.78 bits per heavy atom. The number of carboxylic acid groups (broad SMARTS) is 1. The number of aryl methyl sites for hydroxylation is 1. The van der Waals surface area contributed by atoms with E-state index in [0.717, 1.165) is 6.42 Å². The van der Waals surface area contributed by atoms with Gasteiger partial charge in [0.05, 0.1) is 5.02 Å². The van der Waals surface area contributed by atoms with Crippen LogP contribution in [0.5, 0.6) is 5.75 Å². The highest BCUT2D eigenvalue weighted by molar-refractivity contribution is 6.32. The van der Waals surface area contributed by atoms with Gasteiger partial charge in [0.2, 0.25) is 0 Å². The van der Waals surface area contributed by atoms with Crippen molar-refractivity contribution in [3.63, 3.8) is 0 Å². The molecule has 1 aliphatic rings. The first kappa shape index (κ1) is 18.1. The summed E-state index contributed by atoms with van der Waals surface area (Å²) in [5.74, 6) is -0.195. The number of carbonyl (C=O) groups is 1. The molecule has 1 aliphatic heterocycles. The lowest BCUT2D eigenvalue weighted by Crippen LogP contribution is -2.30. The standard InChI is InChI=1S/C18H26ClNO3/c1-2-3-4-5-6-7-13-8-9-17(15(19)10-13)23-14-11-16(18(21)22)20-12-14/h8-10,14,16,20H,2-7,11-12H2,1H3,(H,21,22)/t14?,16-/m0/s1. The van der Waals surface area contributed by atoms with E-state index in [9.17, 15) is 4.79 Å². The van der Waals surface area contributed by atoms with Gasteiger partial charge >= 0.3 is 5.97 Å². The Labute approximate surface area is 143 Å². The van der Waals surface area contributed by atoms with Crippen LogP contribution >= 0.6 is 11.6 Å². The van der Waals surface area contributed by atoms with E-state index in [1.54, 1.807) is 0 Å². The third-order valence-electron chi connectivity index (χ3n) is 4.25. The highest BCUT2D eigenvalue weighted by Crippen LogP contribution is 2.28. The minimum atomic E-state index is -0.833. The summed E-state index contributed by atoms with van der Waals surface area (Å²) in [6.45, 7) is 2.75. The van der Waals surface area contributed by atoms with Crippen LogP contribution in [0.3, 0.4) is 0 Å². The zero-order valence-corrected chi connectivity index (χ0v) is 14.4. The van der Waals surface area contributed by atoms with E-state index in [2.05, 4.69) is 18.3 Å². The predicted molar refractivity (Wildman–Crippen MR) is 92.4 cm³/mol. The average molecular weight is 340 g/mol. The summed E-state index contributed by atoms with van der Waals surface area (Å²) in [6.07, 6.45) is 7.66. The SMILES string of the molecule is CCCCCCCc1ccc(OC2CN[C@H](C(=O)O)C2)c(Cl)c1. The number of carboxylic acids is 1. The zero-order chi connectivity index (χ0) is 16.7. The molecule has 4 nitrogen and oxygen atoms in total. The number of nitrogens with one attached hydrogen (secondary N) is 1. The van der Waals surface area contributed by atoms with Gasteiger partial charge in [-0.15, -0.1) is 0 Å². The van der Waals surface area contributed by atoms with Crippen molar-refractivity contribution in [2.24, 2.45) is 0 Å². The lowest BCUT2D eigenvalue weighted by molar-refractivity contribution is -0.139. The van der Waals surface area contributed by atoms with Crippen LogP contribution in [0.2, 0.25) is 5.02 Å². The van der Waals surface area contributed by atoms with E-state index in [0.29, 0.717) is 23.7 Å². The molecule has 0 spiro atoms. The third-order valence-corrected chi connectivity index (χ3v) is 4.54. The van der Waals surface area contributed by atoms with Gasteiger partial charge in [-0.05, 0) is 30.5 Å². The van der Waals surface area contributed by atoms with Gasteiger partial charge in [0.25, 0.3) is 0 Å². The number of hydrogen-bond donors (Lipinski definition) is 2. The normalized spacial score (nSPS) is 20.6. The smallest absolute Gasteiger partial charge is 0.320 e. The Bertz CT molecular complexity index is 521. The van der Waals surface area contributed by atoms with Crippen molar-refractivity contribution in [3.8, 4) is 5.75 Å². The minimum absolute atomic E-state index is 0.145. The molecule has 0 radical (unpaired) electrons. The molecule has 2 N–H and O–H groups in total. The Morgan fingerprint density at radius 2 is 2.13 bits per heavy atom. The van der Waals surface area contributed by atoms with Crippen molar-refractivity contribution >= 4 is 17.6 Å². The van der Waals surface area contributed by atoms with Gasteiger partial charge in [-0.3, -0.25) is 4.79 Å². The van der Waals surface area contributed by atoms with Gasteiger partial charge in [-0.25, -0.2) is 0 Å². The molecule has 1 unspecified atom stereocenters. The van der Waals surface area contributed by atoms with Gasteiger partial charge in [-0.1, -0.05) is 50.3 Å². The number of unbranched alkanes of at least 4 members (excludes halogenated alkanes) is 4. The topological polar surface area (TPSA) is 58.6 Å². The molecule has 5 heteroatoms. The summed E-state index contributed by atoms with van der Waals surface area (Å²) in [5.41, 5.74) is 1.23. The second-order valence-corrected chi connectivity index (χ2v) is 6.61. The lowest BCUT2D eigenvalue weighted by Gasteiger charge is -2.14. The van der Waals surface area contributed by atoms with Crippen molar-refractivity contribution in [3.05, 3.63) is 28.8 Å². The molecule has 2 atom stereocenters. The fourth-order valence-corrected chi connectivity index (χ4v) is 3.14. The molecule has 128 valence electrons. The lowest BCUT2D eigenvalue weighted by atomic mass is 10.1. The maximum absolute atomic E-state index is 10.9. The number of rotatable bonds is 9. The summed E-state index contributed by atoms with van der Waals surface area (Å²) < 4.78 is 5.84. The van der Waals surface area contributed by atoms with Crippen LogP contribution in [0.25, 0.3) is 0 Å². The monoisotopic (exact) mass is 339 g/mol. The second-order valence-electron chi connectivity index (χ2n) is 6.20. The first-order valence-electron chi connectivity index (χ1n) is 8.51. The number of benzene rings is 1. The summed E-state index contributed by atoms with van der Waals surface area (Å²) in [7, 11) is 0. The van der Waals surface area contributed by atoms with Crippen molar-refractivity contribution in [2.75, 3.05) is 6.54 Å². The first-order chi connectivity index (χ1) is 11.1.